The molecule has 0 saturated carbocycles. The second-order valence-electron chi connectivity index (χ2n) is 4.02. The van der Waals surface area contributed by atoms with E-state index in [-0.39, 0.29) is 11.7 Å². The van der Waals surface area contributed by atoms with Crippen molar-refractivity contribution in [3.63, 3.8) is 0 Å². The monoisotopic (exact) mass is 243 g/mol. The van der Waals surface area contributed by atoms with E-state index >= 15 is 0 Å². The van der Waals surface area contributed by atoms with Gasteiger partial charge in [0.2, 0.25) is 0 Å². The molecular weight excluding hydrogens is 231 g/mol. The van der Waals surface area contributed by atoms with Gasteiger partial charge in [-0.1, -0.05) is 13.8 Å². The zero-order valence-electron chi connectivity index (χ0n) is 9.51. The number of alkyl halides is 3. The molecule has 0 spiro atoms. The van der Waals surface area contributed by atoms with Gasteiger partial charge in [0.15, 0.2) is 0 Å². The first-order valence-electron chi connectivity index (χ1n) is 5.08. The Balaban J connectivity index is 2.98. The predicted octanol–water partition coefficient (Wildman–Crippen LogP) is 3.61. The zero-order valence-corrected chi connectivity index (χ0v) is 9.51. The van der Waals surface area contributed by atoms with E-state index in [0.717, 1.165) is 12.1 Å². The molecule has 0 saturated heterocycles. The fourth-order valence-corrected chi connectivity index (χ4v) is 1.22. The highest BCUT2D eigenvalue weighted by Gasteiger charge is 2.33. The Kier molecular flexibility index (Phi) is 4.00. The van der Waals surface area contributed by atoms with Crippen LogP contribution in [-0.2, 0) is 6.18 Å². The highest BCUT2D eigenvalue weighted by molar-refractivity contribution is 5.44. The van der Waals surface area contributed by atoms with Crippen molar-refractivity contribution in [1.29, 1.82) is 5.26 Å². The van der Waals surface area contributed by atoms with Crippen molar-refractivity contribution in [1.82, 2.24) is 0 Å². The standard InChI is InChI=1S/C12H12F3NO/c1-8(2)7-17-10-3-4-11(12(13,14)15)9(5-10)6-16/h3-5,8H,7H2,1-2H3. The number of ether oxygens (including phenoxy) is 1. The minimum Gasteiger partial charge on any atom is -0.493 e. The molecule has 0 unspecified atom stereocenters. The normalized spacial score (nSPS) is 11.4. The minimum atomic E-state index is -4.51. The molecule has 1 aromatic rings. The van der Waals surface area contributed by atoms with E-state index in [1.54, 1.807) is 0 Å². The Labute approximate surface area is 97.6 Å². The molecule has 0 aliphatic heterocycles. The average Bonchev–Trinajstić information content (AvgIpc) is 2.24. The van der Waals surface area contributed by atoms with Crippen LogP contribution in [0.25, 0.3) is 0 Å². The molecule has 17 heavy (non-hydrogen) atoms. The van der Waals surface area contributed by atoms with Crippen LogP contribution >= 0.6 is 0 Å². The third-order valence-corrected chi connectivity index (χ3v) is 2.00. The van der Waals surface area contributed by atoms with E-state index in [2.05, 4.69) is 0 Å². The molecular formula is C12H12F3NO. The molecule has 1 aromatic carbocycles. The van der Waals surface area contributed by atoms with Crippen molar-refractivity contribution in [3.8, 4) is 11.8 Å². The van der Waals surface area contributed by atoms with Crippen molar-refractivity contribution in [3.05, 3.63) is 29.3 Å². The van der Waals surface area contributed by atoms with Gasteiger partial charge in [-0.2, -0.15) is 18.4 Å². The Morgan fingerprint density at radius 1 is 1.35 bits per heavy atom. The molecule has 0 aromatic heterocycles. The second kappa shape index (κ2) is 5.09. The van der Waals surface area contributed by atoms with Crippen LogP contribution in [0.4, 0.5) is 13.2 Å². The largest absolute Gasteiger partial charge is 0.493 e. The van der Waals surface area contributed by atoms with E-state index in [0.29, 0.717) is 6.61 Å². The molecule has 0 radical (unpaired) electrons. The maximum absolute atomic E-state index is 12.5. The van der Waals surface area contributed by atoms with Gasteiger partial charge in [-0.3, -0.25) is 0 Å². The Morgan fingerprint density at radius 3 is 2.47 bits per heavy atom. The van der Waals surface area contributed by atoms with Crippen LogP contribution in [0.5, 0.6) is 5.75 Å². The summed E-state index contributed by atoms with van der Waals surface area (Å²) in [6, 6.07) is 4.74. The molecule has 0 fully saturated rings. The fourth-order valence-electron chi connectivity index (χ4n) is 1.22. The average molecular weight is 243 g/mol. The minimum absolute atomic E-state index is 0.267. The summed E-state index contributed by atoms with van der Waals surface area (Å²) in [5, 5.41) is 8.68. The summed E-state index contributed by atoms with van der Waals surface area (Å²) in [6.07, 6.45) is -4.51. The highest BCUT2D eigenvalue weighted by Crippen LogP contribution is 2.33. The van der Waals surface area contributed by atoms with Gasteiger partial charge in [0.1, 0.15) is 5.75 Å². The van der Waals surface area contributed by atoms with Gasteiger partial charge in [0.05, 0.1) is 23.8 Å². The number of nitriles is 1. The number of halogens is 3. The fraction of sp³-hybridized carbons (Fsp3) is 0.417. The first-order valence-corrected chi connectivity index (χ1v) is 5.08. The molecule has 0 amide bonds. The van der Waals surface area contributed by atoms with Crippen molar-refractivity contribution in [2.75, 3.05) is 6.61 Å². The number of benzene rings is 1. The van der Waals surface area contributed by atoms with Crippen molar-refractivity contribution >= 4 is 0 Å². The van der Waals surface area contributed by atoms with E-state index in [1.165, 1.54) is 12.1 Å². The van der Waals surface area contributed by atoms with Gasteiger partial charge in [0.25, 0.3) is 0 Å². The van der Waals surface area contributed by atoms with E-state index in [1.807, 2.05) is 13.8 Å². The Bertz CT molecular complexity index is 432. The lowest BCUT2D eigenvalue weighted by molar-refractivity contribution is -0.137. The zero-order chi connectivity index (χ0) is 13.1. The lowest BCUT2D eigenvalue weighted by Crippen LogP contribution is -2.09. The van der Waals surface area contributed by atoms with Gasteiger partial charge in [0, 0.05) is 0 Å². The van der Waals surface area contributed by atoms with Crippen LogP contribution in [0.15, 0.2) is 18.2 Å². The van der Waals surface area contributed by atoms with E-state index < -0.39 is 17.3 Å². The van der Waals surface area contributed by atoms with E-state index in [4.69, 9.17) is 10.00 Å². The van der Waals surface area contributed by atoms with Gasteiger partial charge in [-0.05, 0) is 24.1 Å². The van der Waals surface area contributed by atoms with Crippen LogP contribution in [-0.4, -0.2) is 6.61 Å². The topological polar surface area (TPSA) is 33.0 Å². The summed E-state index contributed by atoms with van der Waals surface area (Å²) in [4.78, 5) is 0. The summed E-state index contributed by atoms with van der Waals surface area (Å²) in [7, 11) is 0. The molecule has 0 bridgehead atoms. The number of rotatable bonds is 3. The SMILES string of the molecule is CC(C)COc1ccc(C(F)(F)F)c(C#N)c1. The van der Waals surface area contributed by atoms with Crippen molar-refractivity contribution < 1.29 is 17.9 Å². The maximum Gasteiger partial charge on any atom is 0.417 e. The third kappa shape index (κ3) is 3.66. The Hall–Kier alpha value is -1.70. The summed E-state index contributed by atoms with van der Waals surface area (Å²) in [5.41, 5.74) is -1.35. The molecule has 0 atom stereocenters. The van der Waals surface area contributed by atoms with Gasteiger partial charge in [-0.15, -0.1) is 0 Å². The second-order valence-corrected chi connectivity index (χ2v) is 4.02. The first-order chi connectivity index (χ1) is 7.84. The first kappa shape index (κ1) is 13.4. The lowest BCUT2D eigenvalue weighted by atomic mass is 10.1. The summed E-state index contributed by atoms with van der Waals surface area (Å²) in [5.74, 6) is 0.547. The van der Waals surface area contributed by atoms with Gasteiger partial charge >= 0.3 is 6.18 Å². The molecule has 92 valence electrons. The van der Waals surface area contributed by atoms with Crippen molar-refractivity contribution in [2.45, 2.75) is 20.0 Å². The lowest BCUT2D eigenvalue weighted by Gasteiger charge is -2.12. The number of nitrogens with zero attached hydrogens (tertiary/aromatic N) is 1. The van der Waals surface area contributed by atoms with Crippen LogP contribution in [0.1, 0.15) is 25.0 Å². The Morgan fingerprint density at radius 2 is 2.00 bits per heavy atom. The van der Waals surface area contributed by atoms with Gasteiger partial charge in [-0.25, -0.2) is 0 Å². The smallest absolute Gasteiger partial charge is 0.417 e. The quantitative estimate of drug-likeness (QED) is 0.812. The molecule has 1 rings (SSSR count). The molecule has 0 N–H and O–H groups in total. The number of hydrogen-bond acceptors (Lipinski definition) is 2. The van der Waals surface area contributed by atoms with Crippen LogP contribution in [0.2, 0.25) is 0 Å². The molecule has 0 aliphatic carbocycles. The van der Waals surface area contributed by atoms with E-state index in [9.17, 15) is 13.2 Å². The van der Waals surface area contributed by atoms with Crippen molar-refractivity contribution in [2.24, 2.45) is 5.92 Å². The number of hydrogen-bond donors (Lipinski definition) is 0. The summed E-state index contributed by atoms with van der Waals surface area (Å²) < 4.78 is 42.7. The summed E-state index contributed by atoms with van der Waals surface area (Å²) >= 11 is 0. The molecule has 0 aliphatic rings. The van der Waals surface area contributed by atoms with Gasteiger partial charge < -0.3 is 4.74 Å². The molecule has 2 nitrogen and oxygen atoms in total. The van der Waals surface area contributed by atoms with Crippen LogP contribution in [0.3, 0.4) is 0 Å². The predicted molar refractivity (Wildman–Crippen MR) is 56.5 cm³/mol. The third-order valence-electron chi connectivity index (χ3n) is 2.00. The highest BCUT2D eigenvalue weighted by atomic mass is 19.4. The molecule has 0 heterocycles. The summed E-state index contributed by atoms with van der Waals surface area (Å²) in [6.45, 7) is 4.25. The van der Waals surface area contributed by atoms with Crippen LogP contribution < -0.4 is 4.74 Å². The molecule has 5 heteroatoms. The van der Waals surface area contributed by atoms with Crippen LogP contribution in [0, 0.1) is 17.2 Å². The maximum atomic E-state index is 12.5.